The molecule has 1 fully saturated rings. The van der Waals surface area contributed by atoms with Crippen molar-refractivity contribution in [2.75, 3.05) is 18.4 Å². The fraction of sp³-hybridized carbons (Fsp3) is 0.233. The van der Waals surface area contributed by atoms with Gasteiger partial charge < -0.3 is 14.8 Å². The van der Waals surface area contributed by atoms with E-state index in [1.165, 1.54) is 24.3 Å². The van der Waals surface area contributed by atoms with Crippen molar-refractivity contribution in [1.82, 2.24) is 14.5 Å². The minimum absolute atomic E-state index is 0.0179. The number of aromatic nitrogens is 2. The van der Waals surface area contributed by atoms with Crippen LogP contribution in [0.1, 0.15) is 34.0 Å². The van der Waals surface area contributed by atoms with Gasteiger partial charge in [0.2, 0.25) is 0 Å². The van der Waals surface area contributed by atoms with Gasteiger partial charge in [0, 0.05) is 55.1 Å². The number of rotatable bonds is 5. The number of benzene rings is 2. The van der Waals surface area contributed by atoms with Gasteiger partial charge in [0.1, 0.15) is 11.5 Å². The molecule has 1 amide bonds. The van der Waals surface area contributed by atoms with Gasteiger partial charge in [-0.25, -0.2) is 4.39 Å². The van der Waals surface area contributed by atoms with Gasteiger partial charge in [-0.1, -0.05) is 30.3 Å². The molecule has 2 aromatic carbocycles. The van der Waals surface area contributed by atoms with Crippen molar-refractivity contribution >= 4 is 11.6 Å². The van der Waals surface area contributed by atoms with E-state index in [0.717, 1.165) is 28.9 Å². The monoisotopic (exact) mass is 494 g/mol. The van der Waals surface area contributed by atoms with E-state index in [1.54, 1.807) is 6.20 Å². The van der Waals surface area contributed by atoms with Gasteiger partial charge in [0.25, 0.3) is 11.5 Å². The first kappa shape index (κ1) is 23.2. The van der Waals surface area contributed by atoms with E-state index < -0.39 is 0 Å². The standard InChI is InChI=1S/C30H27FN4O2/c31-25-10-8-23(9-11-25)29(36)34-17-21-15-24(19-34)28-13-12-27(30(37)35(28)18-21)33-16-20-4-6-22(7-5-20)26-3-1-2-14-32-26/h1-14,21,24,33H,15-19H2/t21-,24+/m0/s1. The molecular formula is C30H27FN4O2. The van der Waals surface area contributed by atoms with Crippen LogP contribution in [0.2, 0.25) is 0 Å². The maximum atomic E-state index is 13.4. The van der Waals surface area contributed by atoms with Gasteiger partial charge in [-0.15, -0.1) is 0 Å². The number of hydrogen-bond acceptors (Lipinski definition) is 4. The van der Waals surface area contributed by atoms with Gasteiger partial charge in [0.05, 0.1) is 5.69 Å². The second-order valence-corrected chi connectivity index (χ2v) is 9.87. The molecule has 1 saturated heterocycles. The minimum atomic E-state index is -0.355. The molecule has 2 atom stereocenters. The Morgan fingerprint density at radius 3 is 2.51 bits per heavy atom. The lowest BCUT2D eigenvalue weighted by atomic mass is 9.83. The molecule has 0 aliphatic carbocycles. The van der Waals surface area contributed by atoms with Gasteiger partial charge in [-0.2, -0.15) is 0 Å². The van der Waals surface area contributed by atoms with Gasteiger partial charge in [0.15, 0.2) is 0 Å². The summed E-state index contributed by atoms with van der Waals surface area (Å²) < 4.78 is 15.2. The Bertz CT molecular complexity index is 1480. The van der Waals surface area contributed by atoms with Crippen LogP contribution in [0.3, 0.4) is 0 Å². The number of carbonyl (C=O) groups is 1. The molecule has 7 heteroatoms. The molecule has 4 aromatic rings. The number of pyridine rings is 2. The average molecular weight is 495 g/mol. The van der Waals surface area contributed by atoms with E-state index in [2.05, 4.69) is 10.3 Å². The first-order valence-electron chi connectivity index (χ1n) is 12.6. The van der Waals surface area contributed by atoms with Crippen LogP contribution in [0.4, 0.5) is 10.1 Å². The highest BCUT2D eigenvalue weighted by atomic mass is 19.1. The molecule has 186 valence electrons. The Morgan fingerprint density at radius 1 is 0.946 bits per heavy atom. The van der Waals surface area contributed by atoms with E-state index in [1.807, 2.05) is 64.1 Å². The van der Waals surface area contributed by atoms with Crippen molar-refractivity contribution in [3.8, 4) is 11.3 Å². The summed E-state index contributed by atoms with van der Waals surface area (Å²) in [4.78, 5) is 32.6. The normalized spacial score (nSPS) is 18.2. The number of carbonyl (C=O) groups excluding carboxylic acids is 1. The lowest BCUT2D eigenvalue weighted by molar-refractivity contribution is 0.0594. The SMILES string of the molecule is O=C(c1ccc(F)cc1)N1C[C@@H]2C[C@H](C1)c1ccc(NCc3ccc(-c4ccccn4)cc3)c(=O)n1C2. The summed E-state index contributed by atoms with van der Waals surface area (Å²) in [5.41, 5.74) is 5.09. The zero-order chi connectivity index (χ0) is 25.4. The molecule has 0 saturated carbocycles. The van der Waals surface area contributed by atoms with Crippen molar-refractivity contribution in [3.63, 3.8) is 0 Å². The summed E-state index contributed by atoms with van der Waals surface area (Å²) in [6, 6.07) is 23.6. The van der Waals surface area contributed by atoms with E-state index in [0.29, 0.717) is 37.4 Å². The van der Waals surface area contributed by atoms with E-state index in [9.17, 15) is 14.0 Å². The Balaban J connectivity index is 1.15. The topological polar surface area (TPSA) is 67.2 Å². The predicted molar refractivity (Wildman–Crippen MR) is 141 cm³/mol. The fourth-order valence-corrected chi connectivity index (χ4v) is 5.55. The molecule has 6 rings (SSSR count). The average Bonchev–Trinajstić information content (AvgIpc) is 2.94. The second kappa shape index (κ2) is 9.65. The summed E-state index contributed by atoms with van der Waals surface area (Å²) >= 11 is 0. The Kier molecular flexibility index (Phi) is 6.04. The van der Waals surface area contributed by atoms with Gasteiger partial charge >= 0.3 is 0 Å². The first-order chi connectivity index (χ1) is 18.0. The highest BCUT2D eigenvalue weighted by Gasteiger charge is 2.36. The maximum absolute atomic E-state index is 13.4. The van der Waals surface area contributed by atoms with Gasteiger partial charge in [-0.3, -0.25) is 14.6 Å². The summed E-state index contributed by atoms with van der Waals surface area (Å²) in [6.07, 6.45) is 2.74. The third-order valence-electron chi connectivity index (χ3n) is 7.38. The van der Waals surface area contributed by atoms with Crippen LogP contribution in [0.25, 0.3) is 11.3 Å². The van der Waals surface area contributed by atoms with Crippen LogP contribution < -0.4 is 10.9 Å². The third-order valence-corrected chi connectivity index (χ3v) is 7.38. The number of anilines is 1. The molecule has 2 bridgehead atoms. The van der Waals surface area contributed by atoms with Crippen LogP contribution in [-0.4, -0.2) is 33.4 Å². The van der Waals surface area contributed by atoms with Crippen molar-refractivity contribution in [1.29, 1.82) is 0 Å². The quantitative estimate of drug-likeness (QED) is 0.428. The summed E-state index contributed by atoms with van der Waals surface area (Å²) in [5.74, 6) is -0.121. The van der Waals surface area contributed by atoms with E-state index in [4.69, 9.17) is 0 Å². The number of likely N-dealkylation sites (tertiary alicyclic amines) is 1. The van der Waals surface area contributed by atoms with Crippen molar-refractivity contribution in [2.24, 2.45) is 5.92 Å². The lowest BCUT2D eigenvalue weighted by Gasteiger charge is -2.43. The lowest BCUT2D eigenvalue weighted by Crippen LogP contribution is -2.49. The van der Waals surface area contributed by atoms with Crippen molar-refractivity contribution < 1.29 is 9.18 Å². The highest BCUT2D eigenvalue weighted by molar-refractivity contribution is 5.94. The molecular weight excluding hydrogens is 467 g/mol. The number of nitrogens with zero attached hydrogens (tertiary/aromatic N) is 3. The zero-order valence-corrected chi connectivity index (χ0v) is 20.3. The molecule has 2 aliphatic heterocycles. The number of halogens is 1. The summed E-state index contributed by atoms with van der Waals surface area (Å²) in [6.45, 7) is 2.29. The molecule has 4 heterocycles. The molecule has 0 radical (unpaired) electrons. The Morgan fingerprint density at radius 2 is 1.76 bits per heavy atom. The van der Waals surface area contributed by atoms with Crippen LogP contribution >= 0.6 is 0 Å². The van der Waals surface area contributed by atoms with E-state index >= 15 is 0 Å². The molecule has 0 spiro atoms. The molecule has 6 nitrogen and oxygen atoms in total. The smallest absolute Gasteiger partial charge is 0.274 e. The molecule has 2 aromatic heterocycles. The van der Waals surface area contributed by atoms with Crippen LogP contribution in [0.15, 0.2) is 89.9 Å². The third kappa shape index (κ3) is 4.65. The largest absolute Gasteiger partial charge is 0.377 e. The van der Waals surface area contributed by atoms with Crippen LogP contribution in [0.5, 0.6) is 0 Å². The van der Waals surface area contributed by atoms with Crippen LogP contribution in [0, 0.1) is 11.7 Å². The molecule has 2 aliphatic rings. The first-order valence-corrected chi connectivity index (χ1v) is 12.6. The summed E-state index contributed by atoms with van der Waals surface area (Å²) in [5, 5.41) is 3.31. The molecule has 1 N–H and O–H groups in total. The van der Waals surface area contributed by atoms with Crippen LogP contribution in [-0.2, 0) is 13.1 Å². The predicted octanol–water partition coefficient (Wildman–Crippen LogP) is 4.92. The second-order valence-electron chi connectivity index (χ2n) is 9.87. The minimum Gasteiger partial charge on any atom is -0.377 e. The Hall–Kier alpha value is -4.26. The Labute approximate surface area is 214 Å². The number of hydrogen-bond donors (Lipinski definition) is 1. The highest BCUT2D eigenvalue weighted by Crippen LogP contribution is 2.36. The van der Waals surface area contributed by atoms with Gasteiger partial charge in [-0.05, 0) is 66.4 Å². The number of fused-ring (bicyclic) bond motifs is 4. The number of nitrogens with one attached hydrogen (secondary N) is 1. The van der Waals surface area contributed by atoms with Crippen molar-refractivity contribution in [3.05, 3.63) is 118 Å². The number of amides is 1. The molecule has 37 heavy (non-hydrogen) atoms. The maximum Gasteiger partial charge on any atom is 0.274 e. The van der Waals surface area contributed by atoms with Crippen molar-refractivity contribution in [2.45, 2.75) is 25.4 Å². The fourth-order valence-electron chi connectivity index (χ4n) is 5.55. The number of piperidine rings is 1. The zero-order valence-electron chi connectivity index (χ0n) is 20.3. The van der Waals surface area contributed by atoms with E-state index in [-0.39, 0.29) is 29.1 Å². The summed E-state index contributed by atoms with van der Waals surface area (Å²) in [7, 11) is 0. The molecule has 0 unspecified atom stereocenters.